The standard InChI is InChI=1S/C23H26N4O3.3ClH/c1-26-12-14-27(15-13-26)17-19-4-2-3-5-21(19)22(28)10-7-18-6-8-20(24-16-18)9-11-23(29)25-30;;;/h2-11,16,30H,12-15,17H2,1H3,(H,25,29);3*1H/b10-7+,11-9+;;;. The Morgan fingerprint density at radius 1 is 1.00 bits per heavy atom. The smallest absolute Gasteiger partial charge is 0.267 e. The Bertz CT molecular complexity index is 944. The minimum atomic E-state index is -0.624. The van der Waals surface area contributed by atoms with Crippen LogP contribution < -0.4 is 5.48 Å². The molecule has 2 N–H and O–H groups in total. The number of likely N-dealkylation sites (N-methyl/N-ethyl adjacent to an activating group) is 1. The molecule has 1 aliphatic heterocycles. The van der Waals surface area contributed by atoms with E-state index in [1.54, 1.807) is 24.4 Å². The Labute approximate surface area is 212 Å². The third-order valence-corrected chi connectivity index (χ3v) is 5.02. The van der Waals surface area contributed by atoms with Crippen LogP contribution in [0.2, 0.25) is 0 Å². The maximum absolute atomic E-state index is 12.8. The molecule has 2 heterocycles. The van der Waals surface area contributed by atoms with Crippen molar-refractivity contribution in [2.45, 2.75) is 6.54 Å². The van der Waals surface area contributed by atoms with Crippen molar-refractivity contribution in [1.29, 1.82) is 0 Å². The molecule has 0 saturated carbocycles. The van der Waals surface area contributed by atoms with Crippen LogP contribution in [-0.2, 0) is 11.3 Å². The first-order valence-corrected chi connectivity index (χ1v) is 9.84. The Hall–Kier alpha value is -2.26. The van der Waals surface area contributed by atoms with Gasteiger partial charge in [0.2, 0.25) is 0 Å². The van der Waals surface area contributed by atoms with Crippen LogP contribution in [0.3, 0.4) is 0 Å². The molecule has 0 unspecified atom stereocenters. The average molecular weight is 516 g/mol. The number of benzene rings is 1. The number of allylic oxidation sites excluding steroid dienone is 1. The summed E-state index contributed by atoms with van der Waals surface area (Å²) in [6, 6.07) is 11.3. The maximum atomic E-state index is 12.8. The van der Waals surface area contributed by atoms with Gasteiger partial charge in [0.15, 0.2) is 5.78 Å². The quantitative estimate of drug-likeness (QED) is 0.254. The third-order valence-electron chi connectivity index (χ3n) is 5.02. The van der Waals surface area contributed by atoms with E-state index >= 15 is 0 Å². The fourth-order valence-corrected chi connectivity index (χ4v) is 3.22. The number of pyridine rings is 1. The molecular weight excluding hydrogens is 487 g/mol. The maximum Gasteiger partial charge on any atom is 0.267 e. The molecule has 0 radical (unpaired) electrons. The van der Waals surface area contributed by atoms with Gasteiger partial charge in [0.1, 0.15) is 0 Å². The van der Waals surface area contributed by atoms with Gasteiger partial charge < -0.3 is 4.90 Å². The molecule has 1 fully saturated rings. The Morgan fingerprint density at radius 3 is 2.33 bits per heavy atom. The van der Waals surface area contributed by atoms with Crippen molar-refractivity contribution in [3.8, 4) is 0 Å². The number of ketones is 1. The molecular formula is C23H29Cl3N4O3. The molecule has 3 rings (SSSR count). The predicted octanol–water partition coefficient (Wildman–Crippen LogP) is 3.51. The van der Waals surface area contributed by atoms with E-state index in [-0.39, 0.29) is 43.0 Å². The molecule has 1 amide bonds. The zero-order valence-electron chi connectivity index (χ0n) is 18.2. The summed E-state index contributed by atoms with van der Waals surface area (Å²) in [7, 11) is 2.13. The van der Waals surface area contributed by atoms with Crippen LogP contribution in [0.25, 0.3) is 12.2 Å². The normalized spacial score (nSPS) is 14.2. The molecule has 0 atom stereocenters. The number of hydrogen-bond donors (Lipinski definition) is 2. The largest absolute Gasteiger partial charge is 0.304 e. The van der Waals surface area contributed by atoms with Crippen molar-refractivity contribution >= 4 is 61.1 Å². The number of nitrogens with zero attached hydrogens (tertiary/aromatic N) is 3. The molecule has 2 aromatic rings. The zero-order valence-corrected chi connectivity index (χ0v) is 20.7. The van der Waals surface area contributed by atoms with Crippen LogP contribution in [-0.4, -0.2) is 64.9 Å². The van der Waals surface area contributed by atoms with Crippen molar-refractivity contribution in [3.05, 3.63) is 77.1 Å². The molecule has 1 aromatic carbocycles. The average Bonchev–Trinajstić information content (AvgIpc) is 2.78. The summed E-state index contributed by atoms with van der Waals surface area (Å²) in [6.07, 6.45) is 7.58. The van der Waals surface area contributed by atoms with Crippen LogP contribution >= 0.6 is 37.2 Å². The summed E-state index contributed by atoms with van der Waals surface area (Å²) < 4.78 is 0. The highest BCUT2D eigenvalue weighted by Crippen LogP contribution is 2.15. The van der Waals surface area contributed by atoms with Gasteiger partial charge in [-0.2, -0.15) is 0 Å². The van der Waals surface area contributed by atoms with Gasteiger partial charge in [-0.15, -0.1) is 37.2 Å². The van der Waals surface area contributed by atoms with Gasteiger partial charge >= 0.3 is 0 Å². The Kier molecular flexibility index (Phi) is 14.5. The van der Waals surface area contributed by atoms with E-state index in [1.165, 1.54) is 17.6 Å². The van der Waals surface area contributed by atoms with Gasteiger partial charge in [-0.3, -0.25) is 24.7 Å². The number of carbonyl (C=O) groups is 2. The molecule has 1 saturated heterocycles. The summed E-state index contributed by atoms with van der Waals surface area (Å²) in [6.45, 7) is 4.86. The first kappa shape index (κ1) is 30.7. The predicted molar refractivity (Wildman–Crippen MR) is 138 cm³/mol. The number of nitrogens with one attached hydrogen (secondary N) is 1. The number of aromatic nitrogens is 1. The van der Waals surface area contributed by atoms with Crippen LogP contribution in [0.4, 0.5) is 0 Å². The van der Waals surface area contributed by atoms with Gasteiger partial charge in [-0.05, 0) is 42.5 Å². The highest BCUT2D eigenvalue weighted by molar-refractivity contribution is 6.07. The lowest BCUT2D eigenvalue weighted by molar-refractivity contribution is -0.124. The molecule has 0 aliphatic carbocycles. The number of hydroxylamine groups is 1. The van der Waals surface area contributed by atoms with E-state index in [0.29, 0.717) is 5.69 Å². The number of carbonyl (C=O) groups excluding carboxylic acids is 2. The number of piperazine rings is 1. The topological polar surface area (TPSA) is 85.8 Å². The summed E-state index contributed by atoms with van der Waals surface area (Å²) in [5, 5.41) is 8.48. The van der Waals surface area contributed by atoms with Gasteiger partial charge in [0.05, 0.1) is 5.69 Å². The van der Waals surface area contributed by atoms with E-state index in [0.717, 1.165) is 49.4 Å². The van der Waals surface area contributed by atoms with E-state index in [4.69, 9.17) is 5.21 Å². The van der Waals surface area contributed by atoms with Crippen molar-refractivity contribution in [3.63, 3.8) is 0 Å². The van der Waals surface area contributed by atoms with Crippen molar-refractivity contribution < 1.29 is 14.8 Å². The number of halogens is 3. The SMILES string of the molecule is CN1CCN(Cc2ccccc2C(=O)/C=C/c2ccc(/C=C/C(=O)NO)nc2)CC1.Cl.Cl.Cl. The summed E-state index contributed by atoms with van der Waals surface area (Å²) >= 11 is 0. The van der Waals surface area contributed by atoms with Crippen LogP contribution in [0.15, 0.2) is 54.7 Å². The second-order valence-corrected chi connectivity index (χ2v) is 7.26. The fraction of sp³-hybridized carbons (Fsp3) is 0.261. The van der Waals surface area contributed by atoms with Crippen LogP contribution in [0, 0.1) is 0 Å². The highest BCUT2D eigenvalue weighted by Gasteiger charge is 2.16. The lowest BCUT2D eigenvalue weighted by Gasteiger charge is -2.32. The lowest BCUT2D eigenvalue weighted by atomic mass is 10.0. The Morgan fingerprint density at radius 2 is 1.70 bits per heavy atom. The summed E-state index contributed by atoms with van der Waals surface area (Å²) in [4.78, 5) is 32.7. The number of amides is 1. The lowest BCUT2D eigenvalue weighted by Crippen LogP contribution is -2.44. The van der Waals surface area contributed by atoms with Gasteiger partial charge in [0, 0.05) is 50.6 Å². The van der Waals surface area contributed by atoms with Crippen molar-refractivity contribution in [2.24, 2.45) is 0 Å². The third kappa shape index (κ3) is 9.63. The van der Waals surface area contributed by atoms with E-state index < -0.39 is 5.91 Å². The van der Waals surface area contributed by atoms with Crippen LogP contribution in [0.1, 0.15) is 27.2 Å². The number of hydrogen-bond acceptors (Lipinski definition) is 6. The van der Waals surface area contributed by atoms with E-state index in [1.807, 2.05) is 30.3 Å². The molecule has 33 heavy (non-hydrogen) atoms. The first-order chi connectivity index (χ1) is 14.5. The first-order valence-electron chi connectivity index (χ1n) is 9.84. The fourth-order valence-electron chi connectivity index (χ4n) is 3.22. The monoisotopic (exact) mass is 514 g/mol. The molecule has 1 aromatic heterocycles. The molecule has 10 heteroatoms. The van der Waals surface area contributed by atoms with Crippen molar-refractivity contribution in [2.75, 3.05) is 33.2 Å². The second kappa shape index (κ2) is 15.6. The highest BCUT2D eigenvalue weighted by atomic mass is 35.5. The molecule has 0 bridgehead atoms. The van der Waals surface area contributed by atoms with Gasteiger partial charge in [-0.25, -0.2) is 5.48 Å². The van der Waals surface area contributed by atoms with E-state index in [9.17, 15) is 9.59 Å². The molecule has 0 spiro atoms. The van der Waals surface area contributed by atoms with Gasteiger partial charge in [0.25, 0.3) is 5.91 Å². The van der Waals surface area contributed by atoms with Crippen molar-refractivity contribution in [1.82, 2.24) is 20.3 Å². The molecule has 7 nitrogen and oxygen atoms in total. The minimum absolute atomic E-state index is 0. The van der Waals surface area contributed by atoms with Crippen LogP contribution in [0.5, 0.6) is 0 Å². The second-order valence-electron chi connectivity index (χ2n) is 7.26. The summed E-state index contributed by atoms with van der Waals surface area (Å²) in [5.41, 5.74) is 4.63. The Balaban J connectivity index is 0.00000341. The molecule has 1 aliphatic rings. The van der Waals surface area contributed by atoms with E-state index in [2.05, 4.69) is 21.8 Å². The summed E-state index contributed by atoms with van der Waals surface area (Å²) in [5.74, 6) is -0.662. The molecule has 180 valence electrons. The number of rotatable bonds is 7. The zero-order chi connectivity index (χ0) is 21.3. The minimum Gasteiger partial charge on any atom is -0.304 e. The van der Waals surface area contributed by atoms with Gasteiger partial charge in [-0.1, -0.05) is 30.3 Å².